The second-order valence-corrected chi connectivity index (χ2v) is 7.86. The van der Waals surface area contributed by atoms with Crippen LogP contribution >= 0.6 is 0 Å². The van der Waals surface area contributed by atoms with Gasteiger partial charge in [0.15, 0.2) is 0 Å². The standard InChI is InChI=1S/C22H25F3N4O3/c1-3-28-14-16(11-26-28)13-27-12-15(2)29(21(27)30)18-8-17(22(23,24)25)9-20(10-18)32-19-4-6-31-7-5-19/h8-12,14,19H,3-7,13H2,1-2H3. The number of aryl methyl sites for hydroxylation is 2. The van der Waals surface area contributed by atoms with E-state index in [1.807, 2.05) is 13.1 Å². The van der Waals surface area contributed by atoms with E-state index >= 15 is 0 Å². The highest BCUT2D eigenvalue weighted by Gasteiger charge is 2.32. The first kappa shape index (κ1) is 22.2. The van der Waals surface area contributed by atoms with Crippen LogP contribution in [-0.2, 0) is 24.0 Å². The summed E-state index contributed by atoms with van der Waals surface area (Å²) in [7, 11) is 0. The lowest BCUT2D eigenvalue weighted by Gasteiger charge is -2.24. The Hall–Kier alpha value is -3.01. The molecule has 0 aliphatic carbocycles. The Morgan fingerprint density at radius 3 is 2.59 bits per heavy atom. The van der Waals surface area contributed by atoms with Crippen molar-refractivity contribution in [2.45, 2.75) is 52.1 Å². The minimum absolute atomic E-state index is 0.0880. The van der Waals surface area contributed by atoms with E-state index in [1.54, 1.807) is 24.0 Å². The van der Waals surface area contributed by atoms with Gasteiger partial charge in [0.2, 0.25) is 0 Å². The Morgan fingerprint density at radius 2 is 1.94 bits per heavy atom. The van der Waals surface area contributed by atoms with E-state index in [9.17, 15) is 18.0 Å². The van der Waals surface area contributed by atoms with Crippen LogP contribution in [0.5, 0.6) is 5.75 Å². The fraction of sp³-hybridized carbons (Fsp3) is 0.455. The summed E-state index contributed by atoms with van der Waals surface area (Å²) in [5.41, 5.74) is 0.184. The fourth-order valence-corrected chi connectivity index (χ4v) is 3.83. The van der Waals surface area contributed by atoms with E-state index in [1.165, 1.54) is 15.2 Å². The summed E-state index contributed by atoms with van der Waals surface area (Å²) in [6.45, 7) is 5.63. The second-order valence-electron chi connectivity index (χ2n) is 7.86. The van der Waals surface area contributed by atoms with Crippen molar-refractivity contribution >= 4 is 0 Å². The summed E-state index contributed by atoms with van der Waals surface area (Å²) >= 11 is 0. The average molecular weight is 450 g/mol. The van der Waals surface area contributed by atoms with Crippen LogP contribution < -0.4 is 10.4 Å². The van der Waals surface area contributed by atoms with Gasteiger partial charge < -0.3 is 9.47 Å². The Bertz CT molecular complexity index is 1140. The number of hydrogen-bond acceptors (Lipinski definition) is 4. The van der Waals surface area contributed by atoms with Gasteiger partial charge in [-0.25, -0.2) is 4.79 Å². The predicted octanol–water partition coefficient (Wildman–Crippen LogP) is 3.79. The van der Waals surface area contributed by atoms with Gasteiger partial charge in [-0.1, -0.05) is 0 Å². The fourth-order valence-electron chi connectivity index (χ4n) is 3.83. The maximum atomic E-state index is 13.6. The third-order valence-corrected chi connectivity index (χ3v) is 5.44. The van der Waals surface area contributed by atoms with E-state index in [4.69, 9.17) is 9.47 Å². The molecule has 0 unspecified atom stereocenters. The highest BCUT2D eigenvalue weighted by atomic mass is 19.4. The van der Waals surface area contributed by atoms with Crippen LogP contribution in [0.4, 0.5) is 13.2 Å². The van der Waals surface area contributed by atoms with E-state index in [-0.39, 0.29) is 24.1 Å². The normalized spacial score (nSPS) is 15.3. The lowest BCUT2D eigenvalue weighted by Crippen LogP contribution is -2.26. The van der Waals surface area contributed by atoms with Crippen LogP contribution in [-0.4, -0.2) is 38.2 Å². The largest absolute Gasteiger partial charge is 0.490 e. The van der Waals surface area contributed by atoms with Gasteiger partial charge >= 0.3 is 11.9 Å². The third kappa shape index (κ3) is 4.74. The monoisotopic (exact) mass is 450 g/mol. The van der Waals surface area contributed by atoms with E-state index in [0.29, 0.717) is 38.3 Å². The van der Waals surface area contributed by atoms with Crippen LogP contribution in [0.1, 0.15) is 36.6 Å². The number of nitrogens with zero attached hydrogens (tertiary/aromatic N) is 4. The van der Waals surface area contributed by atoms with E-state index < -0.39 is 17.4 Å². The molecule has 7 nitrogen and oxygen atoms in total. The van der Waals surface area contributed by atoms with E-state index in [2.05, 4.69) is 5.10 Å². The van der Waals surface area contributed by atoms with Crippen LogP contribution in [0, 0.1) is 6.92 Å². The number of benzene rings is 1. The number of ether oxygens (including phenoxy) is 2. The molecule has 1 saturated heterocycles. The Balaban J connectivity index is 1.70. The van der Waals surface area contributed by atoms with Crippen molar-refractivity contribution in [2.75, 3.05) is 13.2 Å². The topological polar surface area (TPSA) is 63.2 Å². The molecule has 172 valence electrons. The molecule has 3 aromatic rings. The van der Waals surface area contributed by atoms with Gasteiger partial charge in [-0.15, -0.1) is 0 Å². The van der Waals surface area contributed by atoms with Crippen molar-refractivity contribution in [3.8, 4) is 11.4 Å². The molecule has 1 aliphatic heterocycles. The molecule has 1 aromatic carbocycles. The molecule has 32 heavy (non-hydrogen) atoms. The van der Waals surface area contributed by atoms with Crippen LogP contribution in [0.15, 0.2) is 41.6 Å². The Kier molecular flexibility index (Phi) is 6.14. The van der Waals surface area contributed by atoms with Gasteiger partial charge in [-0.05, 0) is 26.0 Å². The molecular weight excluding hydrogens is 425 g/mol. The number of alkyl halides is 3. The van der Waals surface area contributed by atoms with Crippen LogP contribution in [0.25, 0.3) is 5.69 Å². The zero-order chi connectivity index (χ0) is 22.9. The lowest BCUT2D eigenvalue weighted by molar-refractivity contribution is -0.137. The smallest absolute Gasteiger partial charge is 0.416 e. The van der Waals surface area contributed by atoms with Gasteiger partial charge in [0.25, 0.3) is 0 Å². The zero-order valence-corrected chi connectivity index (χ0v) is 17.9. The maximum Gasteiger partial charge on any atom is 0.416 e. The zero-order valence-electron chi connectivity index (χ0n) is 17.9. The molecule has 0 atom stereocenters. The van der Waals surface area contributed by atoms with Crippen LogP contribution in [0.3, 0.4) is 0 Å². The molecule has 10 heteroatoms. The first-order valence-electron chi connectivity index (χ1n) is 10.5. The molecule has 1 fully saturated rings. The van der Waals surface area contributed by atoms with Gasteiger partial charge in [0, 0.05) is 49.1 Å². The molecule has 3 heterocycles. The minimum Gasteiger partial charge on any atom is -0.490 e. The van der Waals surface area contributed by atoms with Crippen molar-refractivity contribution in [1.82, 2.24) is 18.9 Å². The molecule has 0 N–H and O–H groups in total. The Labute approximate surface area is 183 Å². The summed E-state index contributed by atoms with van der Waals surface area (Å²) in [5, 5.41) is 4.20. The van der Waals surface area contributed by atoms with Gasteiger partial charge in [-0.2, -0.15) is 18.3 Å². The van der Waals surface area contributed by atoms with Crippen molar-refractivity contribution < 1.29 is 22.6 Å². The molecule has 0 amide bonds. The molecule has 0 bridgehead atoms. The number of aromatic nitrogens is 4. The molecule has 0 saturated carbocycles. The number of halogens is 3. The van der Waals surface area contributed by atoms with Gasteiger partial charge in [0.1, 0.15) is 11.9 Å². The van der Waals surface area contributed by atoms with Gasteiger partial charge in [-0.3, -0.25) is 13.8 Å². The lowest BCUT2D eigenvalue weighted by atomic mass is 10.1. The van der Waals surface area contributed by atoms with Crippen molar-refractivity contribution in [3.05, 3.63) is 64.1 Å². The first-order chi connectivity index (χ1) is 15.2. The molecular formula is C22H25F3N4O3. The maximum absolute atomic E-state index is 13.6. The molecule has 1 aliphatic rings. The summed E-state index contributed by atoms with van der Waals surface area (Å²) < 4.78 is 56.4. The number of imidazole rings is 1. The van der Waals surface area contributed by atoms with Crippen molar-refractivity contribution in [1.29, 1.82) is 0 Å². The highest BCUT2D eigenvalue weighted by molar-refractivity contribution is 5.45. The summed E-state index contributed by atoms with van der Waals surface area (Å²) in [5.74, 6) is 0.0880. The summed E-state index contributed by atoms with van der Waals surface area (Å²) in [4.78, 5) is 13.1. The second kappa shape index (κ2) is 8.85. The predicted molar refractivity (Wildman–Crippen MR) is 111 cm³/mol. The van der Waals surface area contributed by atoms with Crippen molar-refractivity contribution in [3.63, 3.8) is 0 Å². The first-order valence-corrected chi connectivity index (χ1v) is 10.5. The molecule has 2 aromatic heterocycles. The molecule has 4 rings (SSSR count). The number of rotatable bonds is 6. The van der Waals surface area contributed by atoms with E-state index in [0.717, 1.165) is 17.7 Å². The van der Waals surface area contributed by atoms with Crippen molar-refractivity contribution in [2.24, 2.45) is 0 Å². The summed E-state index contributed by atoms with van der Waals surface area (Å²) in [6, 6.07) is 3.44. The average Bonchev–Trinajstić information content (AvgIpc) is 3.31. The minimum atomic E-state index is -4.57. The third-order valence-electron chi connectivity index (χ3n) is 5.44. The summed E-state index contributed by atoms with van der Waals surface area (Å²) in [6.07, 6.45) is 1.55. The SMILES string of the molecule is CCn1cc(Cn2cc(C)n(-c3cc(OC4CCOCC4)cc(C(F)(F)F)c3)c2=O)cn1. The highest BCUT2D eigenvalue weighted by Crippen LogP contribution is 2.34. The Morgan fingerprint density at radius 1 is 1.19 bits per heavy atom. The quantitative estimate of drug-likeness (QED) is 0.573. The van der Waals surface area contributed by atoms with Crippen LogP contribution in [0.2, 0.25) is 0 Å². The molecule has 0 spiro atoms. The van der Waals surface area contributed by atoms with Gasteiger partial charge in [0.05, 0.1) is 37.2 Å². The molecule has 0 radical (unpaired) electrons. The number of hydrogen-bond donors (Lipinski definition) is 0.